The average Bonchev–Trinajstić information content (AvgIpc) is 2.74. The van der Waals surface area contributed by atoms with Crippen LogP contribution in [0.3, 0.4) is 0 Å². The molecule has 3 unspecified atom stereocenters. The van der Waals surface area contributed by atoms with Crippen molar-refractivity contribution in [2.75, 3.05) is 0 Å². The maximum absolute atomic E-state index is 6.16. The number of hydrogen-bond donors (Lipinski definition) is 1. The molecule has 1 fully saturated rings. The molecule has 0 amide bonds. The molecule has 0 saturated heterocycles. The summed E-state index contributed by atoms with van der Waals surface area (Å²) in [6, 6.07) is 4.88. The second-order valence-corrected chi connectivity index (χ2v) is 5.72. The summed E-state index contributed by atoms with van der Waals surface area (Å²) in [4.78, 5) is 2.95. The smallest absolute Gasteiger partial charge is 0.0118 e. The maximum Gasteiger partial charge on any atom is 0.0118 e. The molecule has 78 valence electrons. The van der Waals surface area contributed by atoms with Gasteiger partial charge in [-0.1, -0.05) is 13.8 Å². The van der Waals surface area contributed by atoms with E-state index in [0.29, 0.717) is 6.04 Å². The molecule has 0 radical (unpaired) electrons. The van der Waals surface area contributed by atoms with Crippen LogP contribution in [0.4, 0.5) is 0 Å². The van der Waals surface area contributed by atoms with Gasteiger partial charge in [0.1, 0.15) is 0 Å². The molecular weight excluding hydrogens is 190 g/mol. The predicted octanol–water partition coefficient (Wildman–Crippen LogP) is 2.84. The molecule has 2 rings (SSSR count). The van der Waals surface area contributed by atoms with E-state index >= 15 is 0 Å². The van der Waals surface area contributed by atoms with E-state index in [1.54, 1.807) is 0 Å². The van der Waals surface area contributed by atoms with Crippen LogP contribution in [0, 0.1) is 11.8 Å². The number of rotatable bonds is 4. The van der Waals surface area contributed by atoms with E-state index in [4.69, 9.17) is 5.73 Å². The normalized spacial score (nSPS) is 27.6. The minimum Gasteiger partial charge on any atom is -0.327 e. The lowest BCUT2D eigenvalue weighted by molar-refractivity contribution is 0.563. The molecule has 14 heavy (non-hydrogen) atoms. The fraction of sp³-hybridized carbons (Fsp3) is 0.667. The molecule has 0 bridgehead atoms. The van der Waals surface area contributed by atoms with E-state index in [1.807, 2.05) is 11.3 Å². The van der Waals surface area contributed by atoms with Crippen LogP contribution in [0.15, 0.2) is 12.1 Å². The molecule has 1 aromatic rings. The first-order valence-electron chi connectivity index (χ1n) is 5.54. The third-order valence-corrected chi connectivity index (χ3v) is 4.48. The molecule has 0 spiro atoms. The van der Waals surface area contributed by atoms with Gasteiger partial charge in [0, 0.05) is 15.8 Å². The number of hydrogen-bond acceptors (Lipinski definition) is 2. The number of aryl methyl sites for hydroxylation is 1. The Labute approximate surface area is 90.3 Å². The van der Waals surface area contributed by atoms with Crippen molar-refractivity contribution >= 4 is 11.3 Å². The van der Waals surface area contributed by atoms with Gasteiger partial charge in [0.25, 0.3) is 0 Å². The Bertz CT molecular complexity index is 305. The Morgan fingerprint density at radius 1 is 1.50 bits per heavy atom. The van der Waals surface area contributed by atoms with E-state index in [0.717, 1.165) is 24.7 Å². The fourth-order valence-electron chi connectivity index (χ4n) is 2.05. The van der Waals surface area contributed by atoms with E-state index in [2.05, 4.69) is 26.0 Å². The van der Waals surface area contributed by atoms with Crippen molar-refractivity contribution in [1.29, 1.82) is 0 Å². The molecule has 1 heterocycles. The van der Waals surface area contributed by atoms with Gasteiger partial charge < -0.3 is 5.73 Å². The zero-order valence-corrected chi connectivity index (χ0v) is 9.81. The quantitative estimate of drug-likeness (QED) is 0.810. The van der Waals surface area contributed by atoms with Crippen molar-refractivity contribution in [3.63, 3.8) is 0 Å². The minimum atomic E-state index is 0.397. The van der Waals surface area contributed by atoms with Crippen LogP contribution in [0.1, 0.15) is 30.0 Å². The fourth-order valence-corrected chi connectivity index (χ4v) is 3.08. The van der Waals surface area contributed by atoms with Gasteiger partial charge in [0.15, 0.2) is 0 Å². The van der Waals surface area contributed by atoms with Crippen LogP contribution in [-0.2, 0) is 12.8 Å². The first-order chi connectivity index (χ1) is 6.70. The first-order valence-corrected chi connectivity index (χ1v) is 6.35. The Balaban J connectivity index is 1.90. The molecule has 2 N–H and O–H groups in total. The summed E-state index contributed by atoms with van der Waals surface area (Å²) in [6.07, 6.45) is 3.58. The van der Waals surface area contributed by atoms with Gasteiger partial charge in [-0.15, -0.1) is 11.3 Å². The summed E-state index contributed by atoms with van der Waals surface area (Å²) in [5.74, 6) is 1.66. The van der Waals surface area contributed by atoms with Crippen molar-refractivity contribution < 1.29 is 0 Å². The zero-order chi connectivity index (χ0) is 10.1. The molecule has 3 atom stereocenters. The maximum atomic E-state index is 6.16. The predicted molar refractivity (Wildman–Crippen MR) is 62.6 cm³/mol. The van der Waals surface area contributed by atoms with E-state index in [-0.39, 0.29) is 0 Å². The van der Waals surface area contributed by atoms with Crippen LogP contribution in [-0.4, -0.2) is 6.04 Å². The first kappa shape index (κ1) is 10.2. The molecule has 1 aromatic heterocycles. The molecule has 2 heteroatoms. The van der Waals surface area contributed by atoms with Gasteiger partial charge in [-0.3, -0.25) is 0 Å². The van der Waals surface area contributed by atoms with Crippen molar-refractivity contribution in [2.45, 2.75) is 39.2 Å². The van der Waals surface area contributed by atoms with Crippen LogP contribution in [0.5, 0.6) is 0 Å². The highest BCUT2D eigenvalue weighted by Crippen LogP contribution is 2.40. The SMILES string of the molecule is CCc1ccc(CC(N)C2CC2C)s1. The highest BCUT2D eigenvalue weighted by Gasteiger charge is 2.37. The van der Waals surface area contributed by atoms with Crippen molar-refractivity contribution in [3.8, 4) is 0 Å². The molecular formula is C12H19NS. The Morgan fingerprint density at radius 3 is 2.64 bits per heavy atom. The molecule has 0 aromatic carbocycles. The van der Waals surface area contributed by atoms with E-state index in [1.165, 1.54) is 16.2 Å². The minimum absolute atomic E-state index is 0.397. The van der Waals surface area contributed by atoms with Gasteiger partial charge in [0.05, 0.1) is 0 Å². The van der Waals surface area contributed by atoms with Crippen molar-refractivity contribution in [3.05, 3.63) is 21.9 Å². The lowest BCUT2D eigenvalue weighted by atomic mass is 10.1. The summed E-state index contributed by atoms with van der Waals surface area (Å²) in [5.41, 5.74) is 6.16. The van der Waals surface area contributed by atoms with E-state index in [9.17, 15) is 0 Å². The van der Waals surface area contributed by atoms with Crippen LogP contribution in [0.25, 0.3) is 0 Å². The summed E-state index contributed by atoms with van der Waals surface area (Å²) in [7, 11) is 0. The zero-order valence-electron chi connectivity index (χ0n) is 8.99. The van der Waals surface area contributed by atoms with Crippen LogP contribution in [0.2, 0.25) is 0 Å². The van der Waals surface area contributed by atoms with Gasteiger partial charge in [-0.25, -0.2) is 0 Å². The Morgan fingerprint density at radius 2 is 2.14 bits per heavy atom. The standard InChI is InChI=1S/C12H19NS/c1-3-9-4-5-10(14-9)7-12(13)11-6-8(11)2/h4-5,8,11-12H,3,6-7,13H2,1-2H3. The third-order valence-electron chi connectivity index (χ3n) is 3.22. The topological polar surface area (TPSA) is 26.0 Å². The second-order valence-electron chi connectivity index (χ2n) is 4.47. The second kappa shape index (κ2) is 4.03. The largest absolute Gasteiger partial charge is 0.327 e. The summed E-state index contributed by atoms with van der Waals surface area (Å²) >= 11 is 1.93. The highest BCUT2D eigenvalue weighted by atomic mass is 32.1. The van der Waals surface area contributed by atoms with Crippen molar-refractivity contribution in [1.82, 2.24) is 0 Å². The molecule has 1 aliphatic carbocycles. The van der Waals surface area contributed by atoms with E-state index < -0.39 is 0 Å². The summed E-state index contributed by atoms with van der Waals surface area (Å²) in [6.45, 7) is 4.51. The monoisotopic (exact) mass is 209 g/mol. The Kier molecular flexibility index (Phi) is 2.93. The molecule has 1 nitrogen and oxygen atoms in total. The lowest BCUT2D eigenvalue weighted by Crippen LogP contribution is -2.25. The van der Waals surface area contributed by atoms with Gasteiger partial charge in [0.2, 0.25) is 0 Å². The van der Waals surface area contributed by atoms with Crippen LogP contribution < -0.4 is 5.73 Å². The summed E-state index contributed by atoms with van der Waals surface area (Å²) < 4.78 is 0. The average molecular weight is 209 g/mol. The molecule has 0 aliphatic heterocycles. The molecule has 1 aliphatic rings. The van der Waals surface area contributed by atoms with Gasteiger partial charge in [-0.05, 0) is 43.2 Å². The highest BCUT2D eigenvalue weighted by molar-refractivity contribution is 7.11. The van der Waals surface area contributed by atoms with Crippen LogP contribution >= 0.6 is 11.3 Å². The summed E-state index contributed by atoms with van der Waals surface area (Å²) in [5, 5.41) is 0. The Hall–Kier alpha value is -0.340. The third kappa shape index (κ3) is 2.18. The van der Waals surface area contributed by atoms with Crippen molar-refractivity contribution in [2.24, 2.45) is 17.6 Å². The van der Waals surface area contributed by atoms with Gasteiger partial charge >= 0.3 is 0 Å². The number of nitrogens with two attached hydrogens (primary N) is 1. The number of thiophene rings is 1. The lowest BCUT2D eigenvalue weighted by Gasteiger charge is -2.08. The van der Waals surface area contributed by atoms with Gasteiger partial charge in [-0.2, -0.15) is 0 Å². The molecule has 1 saturated carbocycles.